The molecule has 2 heterocycles. The molecule has 0 atom stereocenters. The molecule has 1 aromatic carbocycles. The fraction of sp³-hybridized carbons (Fsp3) is 0.556. The van der Waals surface area contributed by atoms with Crippen molar-refractivity contribution in [3.8, 4) is 11.5 Å². The van der Waals surface area contributed by atoms with Gasteiger partial charge in [0.05, 0.1) is 0 Å². The zero-order valence-electron chi connectivity index (χ0n) is 14.4. The summed E-state index contributed by atoms with van der Waals surface area (Å²) in [6, 6.07) is 5.32. The molecule has 1 saturated heterocycles. The van der Waals surface area contributed by atoms with E-state index in [1.807, 2.05) is 11.9 Å². The van der Waals surface area contributed by atoms with Gasteiger partial charge in [0.15, 0.2) is 11.5 Å². The summed E-state index contributed by atoms with van der Waals surface area (Å²) in [5.74, 6) is 1.06. The predicted octanol–water partition coefficient (Wildman–Crippen LogP) is 0.950. The minimum absolute atomic E-state index is 0.0318. The van der Waals surface area contributed by atoms with Gasteiger partial charge in [-0.1, -0.05) is 0 Å². The number of nitrogens with zero attached hydrogens (tertiary/aromatic N) is 2. The van der Waals surface area contributed by atoms with Gasteiger partial charge in [0.25, 0.3) is 0 Å². The van der Waals surface area contributed by atoms with Gasteiger partial charge < -0.3 is 24.6 Å². The van der Waals surface area contributed by atoms with Crippen molar-refractivity contribution >= 4 is 17.5 Å². The van der Waals surface area contributed by atoms with Crippen LogP contribution in [-0.4, -0.2) is 68.1 Å². The molecule has 7 heteroatoms. The van der Waals surface area contributed by atoms with E-state index < -0.39 is 5.41 Å². The van der Waals surface area contributed by atoms with E-state index in [0.717, 1.165) is 13.1 Å². The Morgan fingerprint density at radius 2 is 1.72 bits per heavy atom. The summed E-state index contributed by atoms with van der Waals surface area (Å²) in [6.07, 6.45) is 1.24. The summed E-state index contributed by atoms with van der Waals surface area (Å²) in [6.45, 7) is 4.11. The molecule has 1 saturated carbocycles. The van der Waals surface area contributed by atoms with Crippen LogP contribution in [0.1, 0.15) is 12.8 Å². The smallest absolute Gasteiger partial charge is 0.240 e. The van der Waals surface area contributed by atoms with E-state index in [0.29, 0.717) is 56.3 Å². The third-order valence-electron chi connectivity index (χ3n) is 5.18. The highest BCUT2D eigenvalue weighted by Gasteiger charge is 2.58. The van der Waals surface area contributed by atoms with Crippen molar-refractivity contribution < 1.29 is 19.1 Å². The lowest BCUT2D eigenvalue weighted by Crippen LogP contribution is -2.51. The number of hydrogen-bond donors (Lipinski definition) is 1. The molecule has 0 unspecified atom stereocenters. The molecule has 1 aromatic rings. The molecule has 3 aliphatic rings. The Bertz CT molecular complexity index is 694. The fourth-order valence-corrected chi connectivity index (χ4v) is 3.35. The van der Waals surface area contributed by atoms with E-state index in [4.69, 9.17) is 9.47 Å². The van der Waals surface area contributed by atoms with E-state index >= 15 is 0 Å². The summed E-state index contributed by atoms with van der Waals surface area (Å²) in [7, 11) is 2.04. The van der Waals surface area contributed by atoms with Crippen molar-refractivity contribution in [3.05, 3.63) is 18.2 Å². The average Bonchev–Trinajstić information content (AvgIpc) is 3.44. The lowest BCUT2D eigenvalue weighted by atomic mass is 10.0. The van der Waals surface area contributed by atoms with Crippen molar-refractivity contribution in [2.75, 3.05) is 51.8 Å². The van der Waals surface area contributed by atoms with Crippen molar-refractivity contribution in [2.45, 2.75) is 12.8 Å². The van der Waals surface area contributed by atoms with Crippen molar-refractivity contribution in [1.29, 1.82) is 0 Å². The minimum atomic E-state index is -0.886. The molecular formula is C18H23N3O4. The zero-order valence-corrected chi connectivity index (χ0v) is 14.4. The second-order valence-electron chi connectivity index (χ2n) is 6.99. The van der Waals surface area contributed by atoms with E-state index in [9.17, 15) is 9.59 Å². The van der Waals surface area contributed by atoms with Gasteiger partial charge in [-0.2, -0.15) is 0 Å². The summed E-state index contributed by atoms with van der Waals surface area (Å²) in [5.41, 5.74) is -0.255. The summed E-state index contributed by atoms with van der Waals surface area (Å²) in [5, 5.41) is 2.89. The molecular weight excluding hydrogens is 322 g/mol. The number of amides is 2. The monoisotopic (exact) mass is 345 g/mol. The molecule has 0 radical (unpaired) electrons. The van der Waals surface area contributed by atoms with E-state index in [2.05, 4.69) is 10.2 Å². The number of fused-ring (bicyclic) bond motifs is 1. The maximum absolute atomic E-state index is 12.9. The molecule has 0 aromatic heterocycles. The van der Waals surface area contributed by atoms with Gasteiger partial charge in [0, 0.05) is 37.9 Å². The quantitative estimate of drug-likeness (QED) is 0.826. The van der Waals surface area contributed by atoms with Crippen molar-refractivity contribution in [2.24, 2.45) is 5.41 Å². The molecule has 25 heavy (non-hydrogen) atoms. The van der Waals surface area contributed by atoms with Crippen LogP contribution in [0.3, 0.4) is 0 Å². The number of nitrogens with one attached hydrogen (secondary N) is 1. The SMILES string of the molecule is CN1CCN(C(=O)C2(C(=O)Nc3ccc4c(c3)OCCO4)CC2)CC1. The maximum atomic E-state index is 12.9. The van der Waals surface area contributed by atoms with Crippen molar-refractivity contribution in [3.63, 3.8) is 0 Å². The lowest BCUT2D eigenvalue weighted by molar-refractivity contribution is -0.143. The lowest BCUT2D eigenvalue weighted by Gasteiger charge is -2.34. The Morgan fingerprint density at radius 1 is 1.04 bits per heavy atom. The van der Waals surface area contributed by atoms with E-state index in [-0.39, 0.29) is 11.8 Å². The second kappa shape index (κ2) is 6.22. The van der Waals surface area contributed by atoms with Crippen LogP contribution in [0.25, 0.3) is 0 Å². The summed E-state index contributed by atoms with van der Waals surface area (Å²) < 4.78 is 11.0. The van der Waals surface area contributed by atoms with Crippen LogP contribution in [0.5, 0.6) is 11.5 Å². The van der Waals surface area contributed by atoms with Gasteiger partial charge >= 0.3 is 0 Å². The predicted molar refractivity (Wildman–Crippen MR) is 91.8 cm³/mol. The summed E-state index contributed by atoms with van der Waals surface area (Å²) in [4.78, 5) is 29.7. The average molecular weight is 345 g/mol. The minimum Gasteiger partial charge on any atom is -0.486 e. The van der Waals surface area contributed by atoms with Crippen molar-refractivity contribution in [1.82, 2.24) is 9.80 Å². The first kappa shape index (κ1) is 16.2. The van der Waals surface area contributed by atoms with Crippen LogP contribution in [0.2, 0.25) is 0 Å². The van der Waals surface area contributed by atoms with E-state index in [1.54, 1.807) is 18.2 Å². The number of piperazine rings is 1. The van der Waals surface area contributed by atoms with Crippen LogP contribution in [0.15, 0.2) is 18.2 Å². The number of carbonyl (C=O) groups is 2. The Hall–Kier alpha value is -2.28. The van der Waals surface area contributed by atoms with Crippen LogP contribution in [-0.2, 0) is 9.59 Å². The van der Waals surface area contributed by atoms with Gasteiger partial charge in [-0.05, 0) is 32.0 Å². The number of rotatable bonds is 3. The third kappa shape index (κ3) is 3.04. The Kier molecular flexibility index (Phi) is 4.03. The van der Waals surface area contributed by atoms with Gasteiger partial charge in [-0.15, -0.1) is 0 Å². The molecule has 134 valence electrons. The number of hydrogen-bond acceptors (Lipinski definition) is 5. The number of likely N-dealkylation sites (N-methyl/N-ethyl adjacent to an activating group) is 1. The standard InChI is InChI=1S/C18H23N3O4/c1-20-6-8-21(9-7-20)17(23)18(4-5-18)16(22)19-13-2-3-14-15(12-13)25-11-10-24-14/h2-3,12H,4-11H2,1H3,(H,19,22). The molecule has 2 fully saturated rings. The molecule has 1 aliphatic carbocycles. The number of anilines is 1. The van der Waals surface area contributed by atoms with Gasteiger partial charge in [-0.25, -0.2) is 0 Å². The highest BCUT2D eigenvalue weighted by atomic mass is 16.6. The molecule has 2 aliphatic heterocycles. The zero-order chi connectivity index (χ0) is 17.4. The van der Waals surface area contributed by atoms with Crippen LogP contribution in [0, 0.1) is 5.41 Å². The topological polar surface area (TPSA) is 71.1 Å². The Morgan fingerprint density at radius 3 is 2.40 bits per heavy atom. The fourth-order valence-electron chi connectivity index (χ4n) is 3.35. The first-order valence-corrected chi connectivity index (χ1v) is 8.77. The van der Waals surface area contributed by atoms with Crippen LogP contribution in [0.4, 0.5) is 5.69 Å². The van der Waals surface area contributed by atoms with Crippen LogP contribution < -0.4 is 14.8 Å². The maximum Gasteiger partial charge on any atom is 0.240 e. The number of ether oxygens (including phenoxy) is 2. The molecule has 2 amide bonds. The molecule has 0 bridgehead atoms. The Labute approximate surface area is 146 Å². The third-order valence-corrected chi connectivity index (χ3v) is 5.18. The molecule has 0 spiro atoms. The van der Waals surface area contributed by atoms with Gasteiger partial charge in [0.2, 0.25) is 11.8 Å². The van der Waals surface area contributed by atoms with Crippen LogP contribution >= 0.6 is 0 Å². The molecule has 1 N–H and O–H groups in total. The molecule has 4 rings (SSSR count). The number of carbonyl (C=O) groups excluding carboxylic acids is 2. The largest absolute Gasteiger partial charge is 0.486 e. The van der Waals surface area contributed by atoms with Gasteiger partial charge in [-0.3, -0.25) is 9.59 Å². The highest BCUT2D eigenvalue weighted by molar-refractivity contribution is 6.13. The normalized spacial score (nSPS) is 21.6. The summed E-state index contributed by atoms with van der Waals surface area (Å²) >= 11 is 0. The first-order chi connectivity index (χ1) is 12.1. The second-order valence-corrected chi connectivity index (χ2v) is 6.99. The first-order valence-electron chi connectivity index (χ1n) is 8.77. The van der Waals surface area contributed by atoms with E-state index in [1.165, 1.54) is 0 Å². The molecule has 7 nitrogen and oxygen atoms in total. The number of benzene rings is 1. The van der Waals surface area contributed by atoms with Gasteiger partial charge in [0.1, 0.15) is 18.6 Å². The Balaban J connectivity index is 1.44. The highest BCUT2D eigenvalue weighted by Crippen LogP contribution is 2.48.